The first-order valence-corrected chi connectivity index (χ1v) is 12.9. The van der Waals surface area contributed by atoms with Crippen LogP contribution in [0, 0.1) is 17.2 Å². The van der Waals surface area contributed by atoms with E-state index in [1.165, 1.54) is 12.3 Å². The molecule has 0 aliphatic heterocycles. The molecule has 5 nitrogen and oxygen atoms in total. The number of rotatable bonds is 7. The predicted molar refractivity (Wildman–Crippen MR) is 121 cm³/mol. The summed E-state index contributed by atoms with van der Waals surface area (Å²) < 4.78 is 51.7. The van der Waals surface area contributed by atoms with E-state index in [0.717, 1.165) is 30.4 Å². The van der Waals surface area contributed by atoms with E-state index in [4.69, 9.17) is 25.8 Å². The molecule has 31 heavy (non-hydrogen) atoms. The second kappa shape index (κ2) is 16.9. The maximum Gasteiger partial charge on any atom is 0.417 e. The van der Waals surface area contributed by atoms with E-state index in [9.17, 15) is 18.3 Å². The number of hydrogen-bond acceptors (Lipinski definition) is 6. The molecule has 0 radical (unpaired) electrons. The minimum atomic E-state index is -4.37. The number of aromatic nitrogens is 1. The predicted octanol–water partition coefficient (Wildman–Crippen LogP) is 6.75. The van der Waals surface area contributed by atoms with Gasteiger partial charge in [-0.2, -0.15) is 18.4 Å². The Hall–Kier alpha value is -0.700. The molecule has 0 spiro atoms. The minimum absolute atomic E-state index is 0.0218. The smallest absolute Gasteiger partial charge is 0.417 e. The van der Waals surface area contributed by atoms with E-state index in [1.54, 1.807) is 13.8 Å². The van der Waals surface area contributed by atoms with Crippen molar-refractivity contribution in [3.05, 3.63) is 35.3 Å². The molecule has 0 fully saturated rings. The zero-order valence-corrected chi connectivity index (χ0v) is 21.2. The fourth-order valence-corrected chi connectivity index (χ4v) is 2.79. The number of pyridine rings is 1. The van der Waals surface area contributed by atoms with E-state index in [-0.39, 0.29) is 10.0 Å². The van der Waals surface area contributed by atoms with Crippen LogP contribution in [-0.2, 0) is 20.1 Å². The summed E-state index contributed by atoms with van der Waals surface area (Å²) in [5, 5.41) is 18.1. The van der Waals surface area contributed by atoms with Gasteiger partial charge in [-0.05, 0) is 45.1 Å². The number of hydrogen-bond donors (Lipinski definition) is 1. The summed E-state index contributed by atoms with van der Waals surface area (Å²) >= 11 is 6.73. The van der Waals surface area contributed by atoms with Gasteiger partial charge in [0.15, 0.2) is 0 Å². The van der Waals surface area contributed by atoms with E-state index in [0.29, 0.717) is 12.4 Å². The van der Waals surface area contributed by atoms with Crippen LogP contribution in [0.2, 0.25) is 5.15 Å². The van der Waals surface area contributed by atoms with E-state index in [2.05, 4.69) is 26.3 Å². The molecule has 2 unspecified atom stereocenters. The molecule has 1 N–H and O–H groups in total. The fourth-order valence-electron chi connectivity index (χ4n) is 1.54. The third kappa shape index (κ3) is 15.7. The molecule has 0 bridgehead atoms. The number of halogens is 6. The van der Waals surface area contributed by atoms with Gasteiger partial charge in [0.1, 0.15) is 5.15 Å². The van der Waals surface area contributed by atoms with Crippen LogP contribution in [0.25, 0.3) is 0 Å². The van der Waals surface area contributed by atoms with Crippen molar-refractivity contribution in [2.24, 2.45) is 5.92 Å². The Kier molecular flexibility index (Phi) is 17.7. The quantitative estimate of drug-likeness (QED) is 0.177. The highest BCUT2D eigenvalue weighted by atomic mass is 36.0. The Morgan fingerprint density at radius 3 is 2.39 bits per heavy atom. The lowest BCUT2D eigenvalue weighted by atomic mass is 9.92. The van der Waals surface area contributed by atoms with E-state index in [1.807, 2.05) is 19.9 Å². The second-order valence-corrected chi connectivity index (χ2v) is 9.83. The van der Waals surface area contributed by atoms with Crippen molar-refractivity contribution >= 4 is 54.0 Å². The van der Waals surface area contributed by atoms with Crippen LogP contribution in [0.4, 0.5) is 13.2 Å². The van der Waals surface area contributed by atoms with Crippen LogP contribution in [-0.4, -0.2) is 32.3 Å². The highest BCUT2D eigenvalue weighted by Gasteiger charge is 2.34. The Balaban J connectivity index is 0. The maximum atomic E-state index is 12.6. The molecule has 0 aromatic carbocycles. The van der Waals surface area contributed by atoms with E-state index < -0.39 is 32.5 Å². The molecule has 2 atom stereocenters. The number of alkyl halides is 3. The topological polar surface area (TPSA) is 83.2 Å². The lowest BCUT2D eigenvalue weighted by molar-refractivity contribution is -0.139. The summed E-state index contributed by atoms with van der Waals surface area (Å²) in [5.41, 5.74) is -1.81. The zero-order chi connectivity index (χ0) is 24.7. The van der Waals surface area contributed by atoms with Crippen LogP contribution in [0.15, 0.2) is 29.5 Å². The van der Waals surface area contributed by atoms with Gasteiger partial charge in [0.2, 0.25) is 9.23 Å². The van der Waals surface area contributed by atoms with Gasteiger partial charge in [0.25, 0.3) is 0 Å². The van der Waals surface area contributed by atoms with Crippen LogP contribution < -0.4 is 0 Å². The molecule has 1 aromatic heterocycles. The summed E-state index contributed by atoms with van der Waals surface area (Å²) in [4.78, 5) is 3.67. The minimum Gasteiger partial charge on any atom is -0.502 e. The molecule has 178 valence electrons. The van der Waals surface area contributed by atoms with Gasteiger partial charge >= 0.3 is 6.18 Å². The van der Waals surface area contributed by atoms with Crippen LogP contribution in [0.1, 0.15) is 39.7 Å². The number of nitrogens with zero attached hydrogens (tertiary/aromatic N) is 2. The first-order chi connectivity index (χ1) is 14.2. The van der Waals surface area contributed by atoms with Crippen molar-refractivity contribution in [3.63, 3.8) is 0 Å². The molecule has 1 rings (SSSR count). The van der Waals surface area contributed by atoms with E-state index >= 15 is 0 Å². The Morgan fingerprint density at radius 1 is 1.42 bits per heavy atom. The number of ether oxygens (including phenoxy) is 1. The van der Waals surface area contributed by atoms with Gasteiger partial charge in [-0.1, -0.05) is 18.5 Å². The molecule has 0 aliphatic rings. The van der Waals surface area contributed by atoms with Crippen LogP contribution in [0.5, 0.6) is 0 Å². The van der Waals surface area contributed by atoms with Gasteiger partial charge < -0.3 is 9.84 Å². The molecular weight excluding hydrogens is 520 g/mol. The molecule has 1 aromatic rings. The number of aliphatic hydroxyl groups is 1. The van der Waals surface area contributed by atoms with Crippen molar-refractivity contribution in [1.82, 2.24) is 4.98 Å². The Bertz CT molecular complexity index is 742. The summed E-state index contributed by atoms with van der Waals surface area (Å²) in [5.74, 6) is 0.156. The zero-order valence-electron chi connectivity index (χ0n) is 17.3. The summed E-state index contributed by atoms with van der Waals surface area (Å²) in [6, 6.07) is 2.92. The van der Waals surface area contributed by atoms with Crippen LogP contribution >= 0.6 is 44.7 Å². The Labute approximate surface area is 201 Å². The molecular formula is C18H24Cl3F3N2O3S2. The van der Waals surface area contributed by atoms with Crippen molar-refractivity contribution in [3.8, 4) is 6.07 Å². The van der Waals surface area contributed by atoms with Crippen molar-refractivity contribution in [2.45, 2.75) is 50.8 Å². The largest absolute Gasteiger partial charge is 0.502 e. The fraction of sp³-hybridized carbons (Fsp3) is 0.556. The second-order valence-electron chi connectivity index (χ2n) is 5.84. The normalized spacial score (nSPS) is 13.9. The molecule has 0 amide bonds. The van der Waals surface area contributed by atoms with Crippen LogP contribution in [0.3, 0.4) is 0 Å². The summed E-state index contributed by atoms with van der Waals surface area (Å²) in [6.45, 7) is 7.55. The molecule has 0 saturated heterocycles. The van der Waals surface area contributed by atoms with Crippen molar-refractivity contribution in [1.29, 1.82) is 5.26 Å². The first-order valence-electron chi connectivity index (χ1n) is 8.74. The molecule has 1 heterocycles. The van der Waals surface area contributed by atoms with Gasteiger partial charge in [-0.3, -0.25) is 0 Å². The number of nitriles is 1. The van der Waals surface area contributed by atoms with Gasteiger partial charge in [-0.15, -0.1) is 11.8 Å². The van der Waals surface area contributed by atoms with Crippen molar-refractivity contribution in [2.75, 3.05) is 12.4 Å². The average molecular weight is 544 g/mol. The molecule has 0 aliphatic carbocycles. The van der Waals surface area contributed by atoms with Crippen molar-refractivity contribution < 1.29 is 27.2 Å². The first kappa shape index (κ1) is 32.5. The standard InChI is InChI=1S/C9H9ClF3NS.C9H15NO2.Cl2OS/c1-2-5-15-7-6(9(11,12)13)3-4-14-8(7)10;1-4-12-6-5-9(3,11)8(2)7-10;1-4(2)3/h3-4H,2,5H2,1H3;5-6,8,11H,4H2,1-3H3;/b;6-5+;. The molecule has 13 heteroatoms. The third-order valence-corrected chi connectivity index (χ3v) is 5.07. The highest BCUT2D eigenvalue weighted by molar-refractivity contribution is 8.26. The lowest BCUT2D eigenvalue weighted by Crippen LogP contribution is -2.29. The van der Waals surface area contributed by atoms with Gasteiger partial charge in [-0.25, -0.2) is 9.19 Å². The monoisotopic (exact) mass is 542 g/mol. The Morgan fingerprint density at radius 2 is 1.97 bits per heavy atom. The number of thioether (sulfide) groups is 1. The average Bonchev–Trinajstić information content (AvgIpc) is 2.65. The highest BCUT2D eigenvalue weighted by Crippen LogP contribution is 2.39. The SMILES string of the molecule is CCCSc1c(C(F)(F)F)ccnc1Cl.CCO/C=C/C(C)(O)C(C)C#N.O=S(Cl)Cl. The maximum absolute atomic E-state index is 12.6. The summed E-state index contributed by atoms with van der Waals surface area (Å²) in [7, 11) is 7.36. The molecule has 0 saturated carbocycles. The summed E-state index contributed by atoms with van der Waals surface area (Å²) in [6.07, 6.45) is 0.398. The third-order valence-electron chi connectivity index (χ3n) is 3.36. The lowest BCUT2D eigenvalue weighted by Gasteiger charge is -2.20. The van der Waals surface area contributed by atoms with Gasteiger partial charge in [0, 0.05) is 27.6 Å². The van der Waals surface area contributed by atoms with Gasteiger partial charge in [0.05, 0.1) is 40.9 Å².